The topological polar surface area (TPSA) is 88.2 Å². The summed E-state index contributed by atoms with van der Waals surface area (Å²) >= 11 is 1.35. The number of hydrogen-bond donors (Lipinski definition) is 0. The van der Waals surface area contributed by atoms with Gasteiger partial charge in [-0.25, -0.2) is 9.98 Å². The minimum atomic E-state index is -0.833. The molecule has 3 aliphatic rings. The van der Waals surface area contributed by atoms with Gasteiger partial charge in [0.15, 0.2) is 10.5 Å². The summed E-state index contributed by atoms with van der Waals surface area (Å²) in [5.41, 5.74) is 3.11. The van der Waals surface area contributed by atoms with Crippen molar-refractivity contribution in [2.75, 3.05) is 32.8 Å². The van der Waals surface area contributed by atoms with Gasteiger partial charge >= 0.3 is 0 Å². The molecule has 2 aromatic carbocycles. The van der Waals surface area contributed by atoms with Crippen LogP contribution in [0.5, 0.6) is 0 Å². The summed E-state index contributed by atoms with van der Waals surface area (Å²) in [6.45, 7) is 2.59. The first kappa shape index (κ1) is 22.4. The summed E-state index contributed by atoms with van der Waals surface area (Å²) < 4.78 is 11.1. The Bertz CT molecular complexity index is 1510. The minimum absolute atomic E-state index is 0.000754. The van der Waals surface area contributed by atoms with Gasteiger partial charge in [-0.2, -0.15) is 0 Å². The van der Waals surface area contributed by atoms with Gasteiger partial charge in [0.2, 0.25) is 0 Å². The first-order chi connectivity index (χ1) is 18.1. The normalized spacial score (nSPS) is 21.7. The lowest BCUT2D eigenvalue weighted by Gasteiger charge is -2.40. The smallest absolute Gasteiger partial charge is 0.282 e. The van der Waals surface area contributed by atoms with E-state index in [1.54, 1.807) is 22.7 Å². The number of amidine groups is 1. The van der Waals surface area contributed by atoms with E-state index in [1.165, 1.54) is 11.3 Å². The summed E-state index contributed by atoms with van der Waals surface area (Å²) in [5.74, 6) is 0.838. The number of aliphatic imine (C=N–C) groups is 1. The van der Waals surface area contributed by atoms with E-state index in [1.807, 2.05) is 35.2 Å². The molecule has 1 atom stereocenters. The fourth-order valence-electron chi connectivity index (χ4n) is 5.39. The Morgan fingerprint density at radius 2 is 1.89 bits per heavy atom. The van der Waals surface area contributed by atoms with Gasteiger partial charge in [0, 0.05) is 61.1 Å². The number of nitrogens with zero attached hydrogens (tertiary/aromatic N) is 4. The number of amides is 2. The van der Waals surface area contributed by atoms with Crippen molar-refractivity contribution in [3.05, 3.63) is 76.9 Å². The fraction of sp³-hybridized carbons (Fsp3) is 0.286. The second kappa shape index (κ2) is 8.64. The molecule has 2 saturated heterocycles. The molecule has 0 aliphatic carbocycles. The number of carbonyl (C=O) groups excluding carboxylic acids is 2. The molecule has 0 bridgehead atoms. The van der Waals surface area contributed by atoms with Crippen LogP contribution >= 0.6 is 11.3 Å². The van der Waals surface area contributed by atoms with Crippen LogP contribution in [0.3, 0.4) is 0 Å². The average molecular weight is 513 g/mol. The molecule has 3 aliphatic heterocycles. The molecule has 2 fully saturated rings. The Morgan fingerprint density at radius 1 is 1.08 bits per heavy atom. The fourth-order valence-corrected chi connectivity index (χ4v) is 5.99. The molecule has 7 rings (SSSR count). The second-order valence-electron chi connectivity index (χ2n) is 9.85. The molecule has 2 amide bonds. The Morgan fingerprint density at radius 3 is 2.65 bits per heavy atom. The highest BCUT2D eigenvalue weighted by Gasteiger charge is 2.52. The maximum atomic E-state index is 13.6. The highest BCUT2D eigenvalue weighted by atomic mass is 32.1. The Kier molecular flexibility index (Phi) is 5.23. The molecule has 8 nitrogen and oxygen atoms in total. The van der Waals surface area contributed by atoms with Crippen LogP contribution in [0.1, 0.15) is 21.8 Å². The van der Waals surface area contributed by atoms with Crippen LogP contribution in [-0.4, -0.2) is 70.8 Å². The standard InChI is InChI=1S/C28H24N4O4S/c33-26(25-29-9-12-37-25)31-14-18(15-31)16-32-24(30-28(27(32)34)8-11-35-17-28)20-3-1-19(2-4-20)21-5-6-23-22(13-21)7-10-36-23/h1-7,9-10,12-13,18H,8,11,14-17H2. The summed E-state index contributed by atoms with van der Waals surface area (Å²) in [7, 11) is 0. The highest BCUT2D eigenvalue weighted by Crippen LogP contribution is 2.35. The van der Waals surface area contributed by atoms with Crippen LogP contribution in [-0.2, 0) is 9.53 Å². The quantitative estimate of drug-likeness (QED) is 0.402. The van der Waals surface area contributed by atoms with Crippen LogP contribution in [0.4, 0.5) is 0 Å². The number of rotatable bonds is 5. The van der Waals surface area contributed by atoms with Gasteiger partial charge in [0.05, 0.1) is 12.9 Å². The van der Waals surface area contributed by atoms with E-state index in [0.29, 0.717) is 50.1 Å². The van der Waals surface area contributed by atoms with Crippen molar-refractivity contribution in [3.8, 4) is 11.1 Å². The molecule has 1 unspecified atom stereocenters. The third-order valence-corrected chi connectivity index (χ3v) is 8.21. The predicted molar refractivity (Wildman–Crippen MR) is 140 cm³/mol. The van der Waals surface area contributed by atoms with E-state index in [4.69, 9.17) is 14.1 Å². The van der Waals surface area contributed by atoms with Gasteiger partial charge in [0.1, 0.15) is 11.4 Å². The monoisotopic (exact) mass is 512 g/mol. The van der Waals surface area contributed by atoms with E-state index in [9.17, 15) is 9.59 Å². The average Bonchev–Trinajstić information content (AvgIpc) is 3.70. The molecule has 186 valence electrons. The molecule has 5 heterocycles. The summed E-state index contributed by atoms with van der Waals surface area (Å²) in [4.78, 5) is 38.9. The van der Waals surface area contributed by atoms with E-state index in [0.717, 1.165) is 27.7 Å². The first-order valence-corrected chi connectivity index (χ1v) is 13.2. The lowest BCUT2D eigenvalue weighted by atomic mass is 9.96. The number of carbonyl (C=O) groups is 2. The summed E-state index contributed by atoms with van der Waals surface area (Å²) in [6, 6.07) is 16.3. The number of hydrogen-bond acceptors (Lipinski definition) is 7. The van der Waals surface area contributed by atoms with Crippen molar-refractivity contribution in [2.24, 2.45) is 10.9 Å². The molecular weight excluding hydrogens is 488 g/mol. The predicted octanol–water partition coefficient (Wildman–Crippen LogP) is 4.08. The zero-order valence-corrected chi connectivity index (χ0v) is 20.8. The summed E-state index contributed by atoms with van der Waals surface area (Å²) in [6.07, 6.45) is 3.93. The van der Waals surface area contributed by atoms with Crippen LogP contribution in [0, 0.1) is 5.92 Å². The number of ether oxygens (including phenoxy) is 1. The van der Waals surface area contributed by atoms with Crippen LogP contribution in [0.15, 0.2) is 75.8 Å². The SMILES string of the molecule is O=C(c1nccs1)N1CC(CN2C(=O)C3(CCOC3)N=C2c2ccc(-c3ccc4occc4c3)cc2)C1. The largest absolute Gasteiger partial charge is 0.464 e. The van der Waals surface area contributed by atoms with E-state index < -0.39 is 5.54 Å². The number of furan rings is 1. The van der Waals surface area contributed by atoms with Crippen LogP contribution < -0.4 is 0 Å². The molecule has 0 N–H and O–H groups in total. The van der Waals surface area contributed by atoms with Gasteiger partial charge in [-0.1, -0.05) is 30.3 Å². The second-order valence-corrected chi connectivity index (χ2v) is 10.7. The Hall–Kier alpha value is -3.82. The first-order valence-electron chi connectivity index (χ1n) is 12.4. The van der Waals surface area contributed by atoms with Gasteiger partial charge in [-0.3, -0.25) is 14.5 Å². The number of thiazole rings is 1. The third-order valence-electron chi connectivity index (χ3n) is 7.45. The summed E-state index contributed by atoms with van der Waals surface area (Å²) in [5, 5.41) is 3.37. The van der Waals surface area contributed by atoms with Crippen LogP contribution in [0.2, 0.25) is 0 Å². The Balaban J connectivity index is 1.12. The molecule has 4 aromatic rings. The molecule has 1 spiro atoms. The highest BCUT2D eigenvalue weighted by molar-refractivity contribution is 7.11. The number of benzene rings is 2. The molecule has 2 aromatic heterocycles. The van der Waals surface area contributed by atoms with Crippen LogP contribution in [0.25, 0.3) is 22.1 Å². The molecule has 9 heteroatoms. The number of fused-ring (bicyclic) bond motifs is 1. The van der Waals surface area contributed by atoms with Gasteiger partial charge in [-0.15, -0.1) is 11.3 Å². The van der Waals surface area contributed by atoms with Crippen molar-refractivity contribution in [1.29, 1.82) is 0 Å². The zero-order valence-electron chi connectivity index (χ0n) is 20.0. The maximum Gasteiger partial charge on any atom is 0.282 e. The maximum absolute atomic E-state index is 13.6. The lowest BCUT2D eigenvalue weighted by molar-refractivity contribution is -0.132. The van der Waals surface area contributed by atoms with Gasteiger partial charge < -0.3 is 14.1 Å². The van der Waals surface area contributed by atoms with Crippen molar-refractivity contribution < 1.29 is 18.7 Å². The van der Waals surface area contributed by atoms with Crippen molar-refractivity contribution in [1.82, 2.24) is 14.8 Å². The number of likely N-dealkylation sites (tertiary alicyclic amines) is 1. The molecule has 37 heavy (non-hydrogen) atoms. The minimum Gasteiger partial charge on any atom is -0.464 e. The molecule has 0 radical (unpaired) electrons. The lowest BCUT2D eigenvalue weighted by Crippen LogP contribution is -2.55. The van der Waals surface area contributed by atoms with E-state index in [-0.39, 0.29) is 17.7 Å². The molecule has 0 saturated carbocycles. The van der Waals surface area contributed by atoms with Gasteiger partial charge in [-0.05, 0) is 29.3 Å². The van der Waals surface area contributed by atoms with Crippen molar-refractivity contribution in [2.45, 2.75) is 12.0 Å². The third kappa shape index (κ3) is 3.77. The Labute approximate surface area is 217 Å². The number of aromatic nitrogens is 1. The zero-order chi connectivity index (χ0) is 25.0. The van der Waals surface area contributed by atoms with Crippen molar-refractivity contribution in [3.63, 3.8) is 0 Å². The van der Waals surface area contributed by atoms with E-state index in [2.05, 4.69) is 23.2 Å². The van der Waals surface area contributed by atoms with E-state index >= 15 is 0 Å². The van der Waals surface area contributed by atoms with Crippen molar-refractivity contribution >= 4 is 40.0 Å². The molecular formula is C28H24N4O4S. The van der Waals surface area contributed by atoms with Gasteiger partial charge in [0.25, 0.3) is 11.8 Å².